The largest absolute Gasteiger partial charge is 0.149 e. The Hall–Kier alpha value is 0.199. The number of thiophene rings is 2. The maximum absolute atomic E-state index is 2.52. The average Bonchev–Trinajstić information content (AvgIpc) is 3.67. The summed E-state index contributed by atoms with van der Waals surface area (Å²) in [6.07, 6.45) is 37.3. The standard InChI is InChI=1S/C18H32S.C18H31S.3CH3.Sn/c2*1-2-3-4-5-6-7-8-9-10-11-12-13-15-18-16-14-17-19-18;;;;/h14,16-17H,2-13,15H2,1H3;14,16H,2-13,15H2,1H3;3*1H3;. The van der Waals surface area contributed by atoms with Gasteiger partial charge in [-0.2, -0.15) is 0 Å². The predicted octanol–water partition coefficient (Wildman–Crippen LogP) is 14.5. The Morgan fingerprint density at radius 2 is 0.833 bits per heavy atom. The molecule has 0 radical (unpaired) electrons. The van der Waals surface area contributed by atoms with Crippen molar-refractivity contribution < 1.29 is 0 Å². The van der Waals surface area contributed by atoms with Crippen LogP contribution < -0.4 is 2.89 Å². The monoisotopic (exact) mass is 724 g/mol. The molecule has 0 unspecified atom stereocenters. The van der Waals surface area contributed by atoms with Crippen LogP contribution in [0.2, 0.25) is 14.8 Å². The molecule has 3 heteroatoms. The third-order valence-corrected chi connectivity index (χ3v) is 20.1. The molecule has 0 aliphatic heterocycles. The van der Waals surface area contributed by atoms with Gasteiger partial charge in [-0.1, -0.05) is 116 Å². The van der Waals surface area contributed by atoms with E-state index in [0.717, 1.165) is 0 Å². The molecule has 244 valence electrons. The third-order valence-electron chi connectivity index (χ3n) is 8.53. The smallest absolute Gasteiger partial charge is 0.00452 e. The Morgan fingerprint density at radius 3 is 1.17 bits per heavy atom. The minimum Gasteiger partial charge on any atom is -0.149 e. The minimum atomic E-state index is -1.79. The molecule has 0 bridgehead atoms. The van der Waals surface area contributed by atoms with Gasteiger partial charge < -0.3 is 0 Å². The molecule has 0 fully saturated rings. The summed E-state index contributed by atoms with van der Waals surface area (Å²) in [5, 5.41) is 2.19. The van der Waals surface area contributed by atoms with Gasteiger partial charge >= 0.3 is 122 Å². The van der Waals surface area contributed by atoms with Gasteiger partial charge in [0.15, 0.2) is 0 Å². The molecular weight excluding hydrogens is 651 g/mol. The van der Waals surface area contributed by atoms with Crippen molar-refractivity contribution in [2.24, 2.45) is 0 Å². The maximum Gasteiger partial charge on any atom is 0.00452 e. The van der Waals surface area contributed by atoms with E-state index in [1.54, 1.807) is 12.6 Å². The predicted molar refractivity (Wildman–Crippen MR) is 201 cm³/mol. The van der Waals surface area contributed by atoms with Crippen molar-refractivity contribution in [2.75, 3.05) is 0 Å². The molecule has 2 heterocycles. The van der Waals surface area contributed by atoms with Gasteiger partial charge in [0, 0.05) is 4.88 Å². The van der Waals surface area contributed by atoms with Gasteiger partial charge in [-0.15, -0.1) is 11.3 Å². The Bertz CT molecular complexity index is 786. The molecule has 0 aromatic carbocycles. The van der Waals surface area contributed by atoms with E-state index in [1.807, 2.05) is 11.3 Å². The van der Waals surface area contributed by atoms with Crippen molar-refractivity contribution in [3.63, 3.8) is 0 Å². The van der Waals surface area contributed by atoms with E-state index in [2.05, 4.69) is 69.6 Å². The van der Waals surface area contributed by atoms with Gasteiger partial charge in [-0.05, 0) is 24.3 Å². The summed E-state index contributed by atoms with van der Waals surface area (Å²) in [5.41, 5.74) is 0. The quantitative estimate of drug-likeness (QED) is 0.0636. The van der Waals surface area contributed by atoms with E-state index in [9.17, 15) is 0 Å². The van der Waals surface area contributed by atoms with E-state index in [4.69, 9.17) is 0 Å². The van der Waals surface area contributed by atoms with Crippen molar-refractivity contribution >= 4 is 43.9 Å². The molecule has 0 amide bonds. The first kappa shape index (κ1) is 40.2. The topological polar surface area (TPSA) is 0 Å². The zero-order chi connectivity index (χ0) is 30.6. The van der Waals surface area contributed by atoms with Crippen molar-refractivity contribution in [3.8, 4) is 0 Å². The summed E-state index contributed by atoms with van der Waals surface area (Å²) < 4.78 is 1.74. The molecule has 2 aromatic rings. The van der Waals surface area contributed by atoms with Gasteiger partial charge in [0.05, 0.1) is 0 Å². The molecule has 0 N–H and O–H groups in total. The van der Waals surface area contributed by atoms with Crippen LogP contribution in [0, 0.1) is 0 Å². The summed E-state index contributed by atoms with van der Waals surface area (Å²) >= 11 is 2.23. The second-order valence-corrected chi connectivity index (χ2v) is 31.5. The SMILES string of the molecule is CCCCCCCCCCCCCCc1cc[c]([Sn]([CH3])([CH3])[CH3])s1.CCCCCCCCCCCCCCc1cccs1. The van der Waals surface area contributed by atoms with E-state index < -0.39 is 18.4 Å². The second-order valence-electron chi connectivity index (χ2n) is 13.9. The molecular formula is C39H72S2Sn. The molecule has 0 nitrogen and oxygen atoms in total. The van der Waals surface area contributed by atoms with Crippen LogP contribution in [0.1, 0.15) is 178 Å². The number of rotatable bonds is 27. The summed E-state index contributed by atoms with van der Waals surface area (Å²) in [6, 6.07) is 9.26. The van der Waals surface area contributed by atoms with Crippen LogP contribution in [0.3, 0.4) is 0 Å². The molecule has 0 saturated heterocycles. The fourth-order valence-electron chi connectivity index (χ4n) is 5.65. The van der Waals surface area contributed by atoms with Crippen LogP contribution in [0.15, 0.2) is 29.6 Å². The summed E-state index contributed by atoms with van der Waals surface area (Å²) in [5.74, 6) is 0. The Morgan fingerprint density at radius 1 is 0.452 bits per heavy atom. The van der Waals surface area contributed by atoms with Crippen LogP contribution in [0.5, 0.6) is 0 Å². The van der Waals surface area contributed by atoms with Crippen molar-refractivity contribution in [2.45, 2.75) is 196 Å². The van der Waals surface area contributed by atoms with Crippen LogP contribution in [0.25, 0.3) is 0 Å². The molecule has 0 saturated carbocycles. The summed E-state index contributed by atoms with van der Waals surface area (Å²) in [4.78, 5) is 10.8. The summed E-state index contributed by atoms with van der Waals surface area (Å²) in [6.45, 7) is 4.59. The second kappa shape index (κ2) is 28.7. The van der Waals surface area contributed by atoms with Gasteiger partial charge in [0.25, 0.3) is 0 Å². The Labute approximate surface area is 277 Å². The van der Waals surface area contributed by atoms with Crippen LogP contribution in [-0.4, -0.2) is 18.4 Å². The van der Waals surface area contributed by atoms with E-state index in [1.165, 1.54) is 167 Å². The van der Waals surface area contributed by atoms with Gasteiger partial charge in [0.2, 0.25) is 0 Å². The van der Waals surface area contributed by atoms with Crippen LogP contribution >= 0.6 is 22.7 Å². The van der Waals surface area contributed by atoms with Gasteiger partial charge in [-0.3, -0.25) is 0 Å². The summed E-state index contributed by atoms with van der Waals surface area (Å²) in [7, 11) is 0. The number of hydrogen-bond acceptors (Lipinski definition) is 2. The zero-order valence-corrected chi connectivity index (χ0v) is 33.6. The number of unbranched alkanes of at least 4 members (excludes halogenated alkanes) is 22. The van der Waals surface area contributed by atoms with Crippen molar-refractivity contribution in [3.05, 3.63) is 39.4 Å². The molecule has 2 rings (SSSR count). The van der Waals surface area contributed by atoms with Crippen molar-refractivity contribution in [1.29, 1.82) is 0 Å². The van der Waals surface area contributed by atoms with Gasteiger partial charge in [0.1, 0.15) is 0 Å². The minimum absolute atomic E-state index is 1.30. The Balaban J connectivity index is 0.000000428. The van der Waals surface area contributed by atoms with Crippen LogP contribution in [-0.2, 0) is 12.8 Å². The van der Waals surface area contributed by atoms with Crippen molar-refractivity contribution in [1.82, 2.24) is 0 Å². The maximum atomic E-state index is 2.52. The first-order valence-corrected chi connectivity index (χ1v) is 30.3. The van der Waals surface area contributed by atoms with Gasteiger partial charge in [-0.25, -0.2) is 0 Å². The Kier molecular flexibility index (Phi) is 27.4. The average molecular weight is 724 g/mol. The molecule has 0 spiro atoms. The fourth-order valence-corrected chi connectivity index (χ4v) is 12.9. The number of hydrogen-bond donors (Lipinski definition) is 0. The van der Waals surface area contributed by atoms with Crippen LogP contribution in [0.4, 0.5) is 0 Å². The first-order valence-electron chi connectivity index (χ1n) is 18.6. The molecule has 0 aliphatic carbocycles. The fraction of sp³-hybridized carbons (Fsp3) is 0.795. The molecule has 2 aromatic heterocycles. The zero-order valence-electron chi connectivity index (χ0n) is 29.1. The number of aryl methyl sites for hydroxylation is 2. The molecule has 0 atom stereocenters. The molecule has 0 aliphatic rings. The third kappa shape index (κ3) is 24.5. The van der Waals surface area contributed by atoms with E-state index in [-0.39, 0.29) is 0 Å². The van der Waals surface area contributed by atoms with E-state index in [0.29, 0.717) is 0 Å². The molecule has 42 heavy (non-hydrogen) atoms. The first-order chi connectivity index (χ1) is 20.5. The van der Waals surface area contributed by atoms with E-state index >= 15 is 0 Å². The normalized spacial score (nSPS) is 11.5.